The Hall–Kier alpha value is -1.05. The largest absolute Gasteiger partial charge is 0.382 e. The molecule has 0 unspecified atom stereocenters. The molecule has 0 aromatic heterocycles. The molecule has 0 fully saturated rings. The summed E-state index contributed by atoms with van der Waals surface area (Å²) < 4.78 is 10.2. The van der Waals surface area contributed by atoms with Gasteiger partial charge in [0.2, 0.25) is 11.8 Å². The van der Waals surface area contributed by atoms with E-state index in [1.165, 1.54) is 0 Å². The third kappa shape index (κ3) is 22.9. The highest BCUT2D eigenvalue weighted by Crippen LogP contribution is 2.05. The Morgan fingerprint density at radius 1 is 1.00 bits per heavy atom. The fourth-order valence-electron chi connectivity index (χ4n) is 1.51. The van der Waals surface area contributed by atoms with Crippen LogP contribution in [0, 0.1) is 0 Å². The molecule has 25 heavy (non-hydrogen) atoms. The Balaban J connectivity index is 0. The van der Waals surface area contributed by atoms with Gasteiger partial charge in [-0.3, -0.25) is 9.59 Å². The molecule has 0 spiro atoms. The number of ether oxygens (including phenoxy) is 2. The normalized spacial score (nSPS) is 10.6. The number of hydrogen-bond donors (Lipinski definition) is 3. The van der Waals surface area contributed by atoms with Crippen molar-refractivity contribution in [2.45, 2.75) is 58.7 Å². The van der Waals surface area contributed by atoms with Crippen molar-refractivity contribution in [2.75, 3.05) is 33.4 Å². The maximum Gasteiger partial charge on any atom is 0.212 e. The molecule has 7 nitrogen and oxygen atoms in total. The number of carbonyl (C=O) groups excluding carboxylic acids is 2. The first-order valence-electron chi connectivity index (χ1n) is 8.63. The van der Waals surface area contributed by atoms with Gasteiger partial charge in [-0.1, -0.05) is 13.6 Å². The number of nitrogens with two attached hydrogens (primary N) is 1. The molecule has 144 valence electrons. The summed E-state index contributed by atoms with van der Waals surface area (Å²) >= 11 is 0. The average molecular weight is 355 g/mol. The highest BCUT2D eigenvalue weighted by molar-refractivity contribution is 6.39. The summed E-state index contributed by atoms with van der Waals surface area (Å²) in [5.41, 5.74) is 5.68. The van der Waals surface area contributed by atoms with Crippen molar-refractivity contribution in [1.82, 2.24) is 10.6 Å². The number of amides is 2. The molecule has 0 aliphatic heterocycles. The lowest BCUT2D eigenvalue weighted by atomic mass is 9.78. The number of rotatable bonds is 11. The van der Waals surface area contributed by atoms with Crippen LogP contribution in [0.15, 0.2) is 0 Å². The fourth-order valence-corrected chi connectivity index (χ4v) is 1.51. The summed E-state index contributed by atoms with van der Waals surface area (Å²) in [4.78, 5) is 22.2. The van der Waals surface area contributed by atoms with Crippen LogP contribution in [0.2, 0.25) is 26.3 Å². The summed E-state index contributed by atoms with van der Waals surface area (Å²) in [6.07, 6.45) is 0.785. The minimum atomic E-state index is -0.249. The molecule has 0 atom stereocenters. The first-order chi connectivity index (χ1) is 11.7. The second-order valence-electron chi connectivity index (χ2n) is 6.55. The molecule has 0 aliphatic rings. The molecule has 0 aromatic carbocycles. The van der Waals surface area contributed by atoms with Gasteiger partial charge < -0.3 is 25.8 Å². The van der Waals surface area contributed by atoms with Crippen LogP contribution in [0.3, 0.4) is 0 Å². The van der Waals surface area contributed by atoms with Crippen LogP contribution >= 0.6 is 0 Å². The van der Waals surface area contributed by atoms with Gasteiger partial charge in [-0.2, -0.15) is 0 Å². The van der Waals surface area contributed by atoms with Gasteiger partial charge in [-0.25, -0.2) is 0 Å². The van der Waals surface area contributed by atoms with Crippen LogP contribution < -0.4 is 16.4 Å². The van der Waals surface area contributed by atoms with Crippen LogP contribution in [0.5, 0.6) is 0 Å². The molecule has 0 saturated heterocycles. The zero-order valence-electron chi connectivity index (χ0n) is 16.7. The highest BCUT2D eigenvalue weighted by atomic mass is 16.5. The smallest absolute Gasteiger partial charge is 0.212 e. The monoisotopic (exact) mass is 355 g/mol. The van der Waals surface area contributed by atoms with E-state index in [0.29, 0.717) is 38.9 Å². The van der Waals surface area contributed by atoms with Crippen molar-refractivity contribution >= 4 is 26.4 Å². The van der Waals surface area contributed by atoms with E-state index in [9.17, 15) is 9.59 Å². The number of carbonyl (C=O) groups is 2. The molecule has 0 aliphatic carbocycles. The van der Waals surface area contributed by atoms with Crippen molar-refractivity contribution in [3.8, 4) is 0 Å². The zero-order chi connectivity index (χ0) is 19.7. The number of nitrogens with one attached hydrogen (secondary N) is 2. The molecular formula is C16H35B2N3O4. The summed E-state index contributed by atoms with van der Waals surface area (Å²) in [6.45, 7) is 11.8. The van der Waals surface area contributed by atoms with Gasteiger partial charge in [0.05, 0.1) is 18.8 Å². The van der Waals surface area contributed by atoms with E-state index in [-0.39, 0.29) is 23.5 Å². The Bertz CT molecular complexity index is 331. The minimum Gasteiger partial charge on any atom is -0.382 e. The number of hydrogen-bond acceptors (Lipinski definition) is 5. The summed E-state index contributed by atoms with van der Waals surface area (Å²) in [7, 11) is 5.23. The maximum atomic E-state index is 11.1. The Kier molecular flexibility index (Phi) is 17.2. The Morgan fingerprint density at radius 2 is 1.44 bits per heavy atom. The predicted molar refractivity (Wildman–Crippen MR) is 104 cm³/mol. The Labute approximate surface area is 154 Å². The topological polar surface area (TPSA) is 103 Å². The van der Waals surface area contributed by atoms with Crippen LogP contribution in [-0.4, -0.2) is 71.4 Å². The average Bonchev–Trinajstić information content (AvgIpc) is 2.51. The van der Waals surface area contributed by atoms with Gasteiger partial charge in [0, 0.05) is 26.2 Å². The molecular weight excluding hydrogens is 320 g/mol. The summed E-state index contributed by atoms with van der Waals surface area (Å²) in [5, 5.41) is 5.37. The lowest BCUT2D eigenvalue weighted by Crippen LogP contribution is -2.45. The third-order valence-corrected chi connectivity index (χ3v) is 2.72. The number of methoxy groups -OCH3 is 1. The maximum absolute atomic E-state index is 11.1. The highest BCUT2D eigenvalue weighted by Gasteiger charge is 2.08. The molecule has 2 amide bonds. The fraction of sp³-hybridized carbons (Fsp3) is 0.875. The van der Waals surface area contributed by atoms with Gasteiger partial charge in [0.25, 0.3) is 0 Å². The molecule has 0 saturated carbocycles. The van der Waals surface area contributed by atoms with E-state index in [1.807, 2.05) is 34.4 Å². The van der Waals surface area contributed by atoms with Crippen LogP contribution in [0.4, 0.5) is 0 Å². The van der Waals surface area contributed by atoms with Crippen molar-refractivity contribution in [1.29, 1.82) is 0 Å². The lowest BCUT2D eigenvalue weighted by molar-refractivity contribution is -0.119. The third-order valence-electron chi connectivity index (χ3n) is 2.72. The minimum absolute atomic E-state index is 0.0292. The summed E-state index contributed by atoms with van der Waals surface area (Å²) in [5.74, 6) is -0.0997. The van der Waals surface area contributed by atoms with Gasteiger partial charge in [-0.05, 0) is 33.4 Å². The van der Waals surface area contributed by atoms with E-state index in [2.05, 4.69) is 10.6 Å². The standard InChI is InChI=1S/C9H19B2N3O2.C7H16O2/c1-10-3-8(15)13-5-7(12)6-14-9(16)4-11-2;1-7(2,3)9-6-5-8-4/h7H,3-6,12H2,1-2H3,(H,13,15)(H,14,16);5-6H2,1-4H3. The predicted octanol–water partition coefficient (Wildman–Crippen LogP) is 0.335. The second kappa shape index (κ2) is 16.4. The van der Waals surface area contributed by atoms with E-state index in [1.54, 1.807) is 21.7 Å². The van der Waals surface area contributed by atoms with Gasteiger partial charge in [0.15, 0.2) is 0 Å². The van der Waals surface area contributed by atoms with E-state index in [4.69, 9.17) is 15.2 Å². The zero-order valence-corrected chi connectivity index (χ0v) is 16.7. The first-order valence-corrected chi connectivity index (χ1v) is 8.63. The van der Waals surface area contributed by atoms with Gasteiger partial charge in [0.1, 0.15) is 14.6 Å². The first kappa shape index (κ1) is 26.2. The van der Waals surface area contributed by atoms with Crippen molar-refractivity contribution < 1.29 is 19.1 Å². The molecule has 2 radical (unpaired) electrons. The second-order valence-corrected chi connectivity index (χ2v) is 6.55. The molecule has 0 aromatic rings. The molecule has 4 N–H and O–H groups in total. The quantitative estimate of drug-likeness (QED) is 0.366. The van der Waals surface area contributed by atoms with Gasteiger partial charge >= 0.3 is 0 Å². The summed E-state index contributed by atoms with van der Waals surface area (Å²) in [6, 6.07) is -0.249. The van der Waals surface area contributed by atoms with E-state index in [0.717, 1.165) is 0 Å². The lowest BCUT2D eigenvalue weighted by Gasteiger charge is -2.18. The molecule has 0 rings (SSSR count). The SMILES string of the molecule is COCCOC(C)(C)C.C[B]CC(=O)NCC(N)CNC(=O)C[B]C. The van der Waals surface area contributed by atoms with E-state index < -0.39 is 0 Å². The van der Waals surface area contributed by atoms with Crippen molar-refractivity contribution in [3.05, 3.63) is 0 Å². The molecule has 0 heterocycles. The van der Waals surface area contributed by atoms with Crippen LogP contribution in [0.25, 0.3) is 0 Å². The Morgan fingerprint density at radius 3 is 1.76 bits per heavy atom. The van der Waals surface area contributed by atoms with Gasteiger partial charge in [-0.15, -0.1) is 0 Å². The van der Waals surface area contributed by atoms with E-state index >= 15 is 0 Å². The van der Waals surface area contributed by atoms with Crippen LogP contribution in [-0.2, 0) is 19.1 Å². The molecule has 9 heteroatoms. The molecule has 0 bridgehead atoms. The van der Waals surface area contributed by atoms with Crippen LogP contribution in [0.1, 0.15) is 20.8 Å². The van der Waals surface area contributed by atoms with Crippen molar-refractivity contribution in [3.63, 3.8) is 0 Å². The van der Waals surface area contributed by atoms with Crippen molar-refractivity contribution in [2.24, 2.45) is 5.73 Å².